The van der Waals surface area contributed by atoms with Crippen LogP contribution in [0.4, 0.5) is 8.78 Å². The highest BCUT2D eigenvalue weighted by atomic mass is 19.1. The molecular weight excluding hydrogens is 250 g/mol. The van der Waals surface area contributed by atoms with E-state index in [4.69, 9.17) is 0 Å². The highest BCUT2D eigenvalue weighted by molar-refractivity contribution is 5.54. The molecule has 0 unspecified atom stereocenters. The summed E-state index contributed by atoms with van der Waals surface area (Å²) >= 11 is 0. The number of hydrogen-bond donors (Lipinski definition) is 2. The molecule has 1 aliphatic heterocycles. The van der Waals surface area contributed by atoms with Crippen LogP contribution in [0.15, 0.2) is 18.2 Å². The van der Waals surface area contributed by atoms with Gasteiger partial charge in [0, 0.05) is 17.5 Å². The lowest BCUT2D eigenvalue weighted by atomic mass is 9.98. The fraction of sp³-hybridized carbons (Fsp3) is 0.385. The molecule has 0 atom stereocenters. The van der Waals surface area contributed by atoms with Crippen LogP contribution in [0.1, 0.15) is 24.6 Å². The first-order chi connectivity index (χ1) is 9.22. The summed E-state index contributed by atoms with van der Waals surface area (Å²) in [6.45, 7) is 1.91. The smallest absolute Gasteiger partial charge is 0.181 e. The highest BCUT2D eigenvalue weighted by Crippen LogP contribution is 2.24. The van der Waals surface area contributed by atoms with E-state index >= 15 is 0 Å². The lowest BCUT2D eigenvalue weighted by Crippen LogP contribution is -2.27. The summed E-state index contributed by atoms with van der Waals surface area (Å²) in [5.41, 5.74) is 0.355. The van der Waals surface area contributed by atoms with Gasteiger partial charge in [0.05, 0.1) is 0 Å². The SMILES string of the molecule is Fc1cc(F)cc(-c2n[nH]c(C3CCNCC3)n2)c1. The second-order valence-electron chi connectivity index (χ2n) is 4.73. The molecule has 1 aromatic heterocycles. The van der Waals surface area contributed by atoms with Gasteiger partial charge in [0.25, 0.3) is 0 Å². The molecule has 4 nitrogen and oxygen atoms in total. The number of rotatable bonds is 2. The van der Waals surface area contributed by atoms with E-state index in [1.165, 1.54) is 12.1 Å². The quantitative estimate of drug-likeness (QED) is 0.874. The zero-order valence-corrected chi connectivity index (χ0v) is 10.3. The van der Waals surface area contributed by atoms with Gasteiger partial charge in [-0.25, -0.2) is 13.8 Å². The van der Waals surface area contributed by atoms with Crippen LogP contribution in [0.2, 0.25) is 0 Å². The van der Waals surface area contributed by atoms with Crippen LogP contribution in [0.3, 0.4) is 0 Å². The molecule has 2 N–H and O–H groups in total. The number of benzene rings is 1. The number of piperidine rings is 1. The van der Waals surface area contributed by atoms with Gasteiger partial charge in [-0.05, 0) is 38.1 Å². The van der Waals surface area contributed by atoms with Gasteiger partial charge in [-0.3, -0.25) is 5.10 Å². The van der Waals surface area contributed by atoms with Crippen LogP contribution >= 0.6 is 0 Å². The van der Waals surface area contributed by atoms with Gasteiger partial charge >= 0.3 is 0 Å². The zero-order valence-electron chi connectivity index (χ0n) is 10.3. The third kappa shape index (κ3) is 2.63. The molecule has 1 fully saturated rings. The first-order valence-electron chi connectivity index (χ1n) is 6.32. The number of nitrogens with one attached hydrogen (secondary N) is 2. The van der Waals surface area contributed by atoms with E-state index in [-0.39, 0.29) is 0 Å². The van der Waals surface area contributed by atoms with Gasteiger partial charge in [0.15, 0.2) is 5.82 Å². The molecule has 1 aliphatic rings. The molecule has 100 valence electrons. The summed E-state index contributed by atoms with van der Waals surface area (Å²) < 4.78 is 26.3. The average Bonchev–Trinajstić information content (AvgIpc) is 2.88. The number of hydrogen-bond acceptors (Lipinski definition) is 3. The Hall–Kier alpha value is -1.82. The van der Waals surface area contributed by atoms with Crippen molar-refractivity contribution in [3.8, 4) is 11.4 Å². The maximum atomic E-state index is 13.2. The highest BCUT2D eigenvalue weighted by Gasteiger charge is 2.19. The number of halogens is 2. The first kappa shape index (κ1) is 12.2. The molecule has 2 aromatic rings. The van der Waals surface area contributed by atoms with E-state index < -0.39 is 11.6 Å². The van der Waals surface area contributed by atoms with Gasteiger partial charge in [-0.2, -0.15) is 5.10 Å². The number of aromatic amines is 1. The van der Waals surface area contributed by atoms with Crippen LogP contribution in [-0.2, 0) is 0 Å². The Morgan fingerprint density at radius 2 is 1.74 bits per heavy atom. The van der Waals surface area contributed by atoms with Crippen molar-refractivity contribution >= 4 is 0 Å². The lowest BCUT2D eigenvalue weighted by molar-refractivity contribution is 0.446. The average molecular weight is 264 g/mol. The van der Waals surface area contributed by atoms with Crippen LogP contribution in [0, 0.1) is 11.6 Å². The van der Waals surface area contributed by atoms with Crippen molar-refractivity contribution in [2.75, 3.05) is 13.1 Å². The van der Waals surface area contributed by atoms with Crippen LogP contribution in [0.25, 0.3) is 11.4 Å². The number of H-pyrrole nitrogens is 1. The monoisotopic (exact) mass is 264 g/mol. The summed E-state index contributed by atoms with van der Waals surface area (Å²) in [7, 11) is 0. The van der Waals surface area contributed by atoms with Crippen molar-refractivity contribution < 1.29 is 8.78 Å². The second kappa shape index (κ2) is 5.05. The molecule has 6 heteroatoms. The Morgan fingerprint density at radius 1 is 1.05 bits per heavy atom. The summed E-state index contributed by atoms with van der Waals surface area (Å²) in [5, 5.41) is 10.2. The Morgan fingerprint density at radius 3 is 2.42 bits per heavy atom. The van der Waals surface area contributed by atoms with Crippen LogP contribution in [0.5, 0.6) is 0 Å². The summed E-state index contributed by atoms with van der Waals surface area (Å²) in [5.74, 6) is 0.223. The molecular formula is C13H14F2N4. The maximum absolute atomic E-state index is 13.2. The Kier molecular flexibility index (Phi) is 3.25. The predicted octanol–water partition coefficient (Wildman–Crippen LogP) is 2.22. The minimum Gasteiger partial charge on any atom is -0.317 e. The van der Waals surface area contributed by atoms with Crippen molar-refractivity contribution in [3.05, 3.63) is 35.7 Å². The van der Waals surface area contributed by atoms with Gasteiger partial charge < -0.3 is 5.32 Å². The predicted molar refractivity (Wildman–Crippen MR) is 66.6 cm³/mol. The molecule has 1 aromatic carbocycles. The lowest BCUT2D eigenvalue weighted by Gasteiger charge is -2.19. The molecule has 0 saturated carbocycles. The fourth-order valence-corrected chi connectivity index (χ4v) is 2.36. The zero-order chi connectivity index (χ0) is 13.2. The van der Waals surface area contributed by atoms with Gasteiger partial charge in [0.1, 0.15) is 17.5 Å². The summed E-state index contributed by atoms with van der Waals surface area (Å²) in [6, 6.07) is 3.31. The molecule has 0 amide bonds. The third-order valence-corrected chi connectivity index (χ3v) is 3.35. The van der Waals surface area contributed by atoms with Gasteiger partial charge in [-0.15, -0.1) is 0 Å². The first-order valence-corrected chi connectivity index (χ1v) is 6.32. The van der Waals surface area contributed by atoms with Crippen molar-refractivity contribution in [2.24, 2.45) is 0 Å². The van der Waals surface area contributed by atoms with Crippen molar-refractivity contribution in [1.82, 2.24) is 20.5 Å². The Balaban J connectivity index is 1.87. The van der Waals surface area contributed by atoms with Crippen LogP contribution in [-0.4, -0.2) is 28.3 Å². The third-order valence-electron chi connectivity index (χ3n) is 3.35. The normalized spacial score (nSPS) is 16.7. The van der Waals surface area contributed by atoms with E-state index in [0.29, 0.717) is 17.3 Å². The Bertz CT molecular complexity index is 556. The van der Waals surface area contributed by atoms with E-state index in [2.05, 4.69) is 20.5 Å². The van der Waals surface area contributed by atoms with Crippen LogP contribution < -0.4 is 5.32 Å². The van der Waals surface area contributed by atoms with E-state index in [1.807, 2.05) is 0 Å². The number of aromatic nitrogens is 3. The number of nitrogens with zero attached hydrogens (tertiary/aromatic N) is 2. The van der Waals surface area contributed by atoms with E-state index in [1.54, 1.807) is 0 Å². The molecule has 0 aliphatic carbocycles. The molecule has 3 rings (SSSR count). The Labute approximate surface area is 109 Å². The molecule has 0 bridgehead atoms. The van der Waals surface area contributed by atoms with E-state index in [0.717, 1.165) is 37.8 Å². The molecule has 0 spiro atoms. The standard InChI is InChI=1S/C13H14F2N4/c14-10-5-9(6-11(15)7-10)13-17-12(18-19-13)8-1-3-16-4-2-8/h5-8,16H,1-4H2,(H,17,18,19). The van der Waals surface area contributed by atoms with Gasteiger partial charge in [-0.1, -0.05) is 0 Å². The molecule has 19 heavy (non-hydrogen) atoms. The minimum atomic E-state index is -0.622. The minimum absolute atomic E-state index is 0.334. The fourth-order valence-electron chi connectivity index (χ4n) is 2.36. The van der Waals surface area contributed by atoms with Crippen molar-refractivity contribution in [1.29, 1.82) is 0 Å². The van der Waals surface area contributed by atoms with E-state index in [9.17, 15) is 8.78 Å². The summed E-state index contributed by atoms with van der Waals surface area (Å²) in [6.07, 6.45) is 1.98. The molecule has 2 heterocycles. The topological polar surface area (TPSA) is 53.6 Å². The van der Waals surface area contributed by atoms with Crippen molar-refractivity contribution in [3.63, 3.8) is 0 Å². The second-order valence-corrected chi connectivity index (χ2v) is 4.73. The maximum Gasteiger partial charge on any atom is 0.181 e. The molecule has 0 radical (unpaired) electrons. The van der Waals surface area contributed by atoms with Crippen molar-refractivity contribution in [2.45, 2.75) is 18.8 Å². The van der Waals surface area contributed by atoms with Gasteiger partial charge in [0.2, 0.25) is 0 Å². The molecule has 1 saturated heterocycles. The summed E-state index contributed by atoms with van der Waals surface area (Å²) in [4.78, 5) is 4.36. The largest absolute Gasteiger partial charge is 0.317 e.